The number of ether oxygens (including phenoxy) is 2. The van der Waals surface area contributed by atoms with Crippen LogP contribution in [0.15, 0.2) is 17.9 Å². The molecule has 1 heterocycles. The molecule has 0 aliphatic carbocycles. The van der Waals surface area contributed by atoms with Gasteiger partial charge in [-0.2, -0.15) is 0 Å². The van der Waals surface area contributed by atoms with Crippen molar-refractivity contribution in [3.63, 3.8) is 0 Å². The Morgan fingerprint density at radius 3 is 1.91 bits per heavy atom. The predicted octanol–water partition coefficient (Wildman–Crippen LogP) is 3.35. The summed E-state index contributed by atoms with van der Waals surface area (Å²) in [6.07, 6.45) is 1.27. The van der Waals surface area contributed by atoms with Crippen molar-refractivity contribution in [1.29, 1.82) is 0 Å². The molecular formula is C16H22BFO5. The second-order valence-electron chi connectivity index (χ2n) is 6.39. The van der Waals surface area contributed by atoms with E-state index in [1.807, 2.05) is 27.7 Å². The van der Waals surface area contributed by atoms with E-state index in [1.54, 1.807) is 0 Å². The van der Waals surface area contributed by atoms with Gasteiger partial charge in [-0.3, -0.25) is 0 Å². The zero-order valence-electron chi connectivity index (χ0n) is 14.3. The van der Waals surface area contributed by atoms with Crippen molar-refractivity contribution < 1.29 is 28.3 Å². The quantitative estimate of drug-likeness (QED) is 0.861. The molecular weight excluding hydrogens is 302 g/mol. The van der Waals surface area contributed by atoms with E-state index in [0.29, 0.717) is 5.56 Å². The van der Waals surface area contributed by atoms with Crippen LogP contribution in [0.5, 0.6) is 17.2 Å². The molecule has 1 saturated heterocycles. The van der Waals surface area contributed by atoms with Crippen LogP contribution in [0.25, 0.3) is 6.08 Å². The Kier molecular flexibility index (Phi) is 4.64. The predicted molar refractivity (Wildman–Crippen MR) is 86.4 cm³/mol. The minimum atomic E-state index is -1.08. The summed E-state index contributed by atoms with van der Waals surface area (Å²) in [6.45, 7) is 7.42. The number of halogens is 1. The maximum atomic E-state index is 14.5. The summed E-state index contributed by atoms with van der Waals surface area (Å²) in [6, 6.07) is 3.01. The number of aromatic hydroxyl groups is 1. The molecule has 1 fully saturated rings. The highest BCUT2D eigenvalue weighted by molar-refractivity contribution is 6.54. The van der Waals surface area contributed by atoms with Gasteiger partial charge in [0.05, 0.1) is 25.4 Å². The van der Waals surface area contributed by atoms with Crippen LogP contribution in [-0.2, 0) is 9.31 Å². The Labute approximate surface area is 136 Å². The van der Waals surface area contributed by atoms with Crippen molar-refractivity contribution >= 4 is 13.2 Å². The fraction of sp³-hybridized carbons (Fsp3) is 0.500. The maximum Gasteiger partial charge on any atom is 0.525 e. The topological polar surface area (TPSA) is 57.2 Å². The van der Waals surface area contributed by atoms with Crippen molar-refractivity contribution in [3.8, 4) is 17.2 Å². The van der Waals surface area contributed by atoms with Gasteiger partial charge in [-0.15, -0.1) is 0 Å². The summed E-state index contributed by atoms with van der Waals surface area (Å²) in [5.74, 6) is 0.248. The van der Waals surface area contributed by atoms with Crippen molar-refractivity contribution in [3.05, 3.63) is 23.4 Å². The number of hydrogen-bond acceptors (Lipinski definition) is 5. The van der Waals surface area contributed by atoms with Crippen LogP contribution >= 0.6 is 0 Å². The van der Waals surface area contributed by atoms with Gasteiger partial charge >= 0.3 is 7.12 Å². The van der Waals surface area contributed by atoms with E-state index in [9.17, 15) is 9.50 Å². The molecule has 5 nitrogen and oxygen atoms in total. The lowest BCUT2D eigenvalue weighted by atomic mass is 9.87. The molecule has 1 aliphatic heterocycles. The second kappa shape index (κ2) is 6.05. The van der Waals surface area contributed by atoms with E-state index >= 15 is 0 Å². The molecule has 1 aromatic carbocycles. The molecule has 1 aliphatic rings. The van der Waals surface area contributed by atoms with E-state index in [-0.39, 0.29) is 17.2 Å². The summed E-state index contributed by atoms with van der Waals surface area (Å²) in [5, 5.41) is 9.88. The Morgan fingerprint density at radius 2 is 1.52 bits per heavy atom. The van der Waals surface area contributed by atoms with Crippen molar-refractivity contribution in [1.82, 2.24) is 0 Å². The monoisotopic (exact) mass is 324 g/mol. The van der Waals surface area contributed by atoms with Crippen LogP contribution in [0.1, 0.15) is 33.3 Å². The van der Waals surface area contributed by atoms with Crippen molar-refractivity contribution in [2.24, 2.45) is 0 Å². The van der Waals surface area contributed by atoms with Crippen LogP contribution in [-0.4, -0.2) is 37.6 Å². The summed E-state index contributed by atoms with van der Waals surface area (Å²) < 4.78 is 35.9. The molecule has 0 saturated carbocycles. The van der Waals surface area contributed by atoms with E-state index in [4.69, 9.17) is 18.8 Å². The fourth-order valence-corrected chi connectivity index (χ4v) is 2.18. The zero-order chi connectivity index (χ0) is 17.4. The van der Waals surface area contributed by atoms with Gasteiger partial charge < -0.3 is 23.9 Å². The van der Waals surface area contributed by atoms with Gasteiger partial charge in [0.1, 0.15) is 5.73 Å². The van der Waals surface area contributed by atoms with Crippen LogP contribution in [0.3, 0.4) is 0 Å². The molecule has 7 heteroatoms. The number of phenols is 1. The molecule has 1 N–H and O–H groups in total. The van der Waals surface area contributed by atoms with E-state index < -0.39 is 24.0 Å². The van der Waals surface area contributed by atoms with Gasteiger partial charge in [0.2, 0.25) is 5.75 Å². The first kappa shape index (κ1) is 17.6. The van der Waals surface area contributed by atoms with Crippen molar-refractivity contribution in [2.75, 3.05) is 14.2 Å². The molecule has 2 rings (SSSR count). The third-order valence-electron chi connectivity index (χ3n) is 4.29. The zero-order valence-corrected chi connectivity index (χ0v) is 14.3. The average Bonchev–Trinajstić information content (AvgIpc) is 2.69. The first-order chi connectivity index (χ1) is 10.6. The fourth-order valence-electron chi connectivity index (χ4n) is 2.18. The molecule has 0 atom stereocenters. The van der Waals surface area contributed by atoms with Crippen LogP contribution < -0.4 is 9.47 Å². The average molecular weight is 324 g/mol. The van der Waals surface area contributed by atoms with Gasteiger partial charge in [-0.1, -0.05) is 0 Å². The lowest BCUT2D eigenvalue weighted by Crippen LogP contribution is -2.41. The third kappa shape index (κ3) is 3.30. The Balaban J connectivity index is 2.32. The summed E-state index contributed by atoms with van der Waals surface area (Å²) >= 11 is 0. The third-order valence-corrected chi connectivity index (χ3v) is 4.29. The molecule has 1 aromatic rings. The lowest BCUT2D eigenvalue weighted by Gasteiger charge is -2.32. The van der Waals surface area contributed by atoms with E-state index in [2.05, 4.69) is 0 Å². The minimum absolute atomic E-state index is 0.136. The van der Waals surface area contributed by atoms with Gasteiger partial charge in [-0.05, 0) is 51.5 Å². The number of phenolic OH excluding ortho intramolecular Hbond substituents is 1. The van der Waals surface area contributed by atoms with Gasteiger partial charge in [0, 0.05) is 0 Å². The molecule has 0 bridgehead atoms. The number of hydrogen-bond donors (Lipinski definition) is 1. The van der Waals surface area contributed by atoms with E-state index in [0.717, 1.165) is 0 Å². The minimum Gasteiger partial charge on any atom is -0.502 e. The second-order valence-corrected chi connectivity index (χ2v) is 6.39. The van der Waals surface area contributed by atoms with Gasteiger partial charge in [0.25, 0.3) is 0 Å². The summed E-state index contributed by atoms with van der Waals surface area (Å²) in [4.78, 5) is 0. The highest BCUT2D eigenvalue weighted by Crippen LogP contribution is 2.40. The summed E-state index contributed by atoms with van der Waals surface area (Å²) in [7, 11) is 1.74. The van der Waals surface area contributed by atoms with Crippen LogP contribution in [0.4, 0.5) is 4.39 Å². The molecule has 0 radical (unpaired) electrons. The number of rotatable bonds is 4. The largest absolute Gasteiger partial charge is 0.525 e. The smallest absolute Gasteiger partial charge is 0.502 e. The number of methoxy groups -OCH3 is 2. The SMILES string of the molecule is COc1cc(C=C(F)B2OC(C)(C)C(C)(C)O2)cc(OC)c1O. The Morgan fingerprint density at radius 1 is 1.09 bits per heavy atom. The maximum absolute atomic E-state index is 14.5. The molecule has 0 unspecified atom stereocenters. The standard InChI is InChI=1S/C16H22BFO5/c1-15(2)16(3,4)23-17(22-15)13(18)9-10-7-11(20-5)14(19)12(8-10)21-6/h7-9,19H,1-6H3. The number of benzene rings is 1. The van der Waals surface area contributed by atoms with Crippen LogP contribution in [0, 0.1) is 0 Å². The molecule has 23 heavy (non-hydrogen) atoms. The van der Waals surface area contributed by atoms with Gasteiger partial charge in [-0.25, -0.2) is 4.39 Å². The molecule has 126 valence electrons. The summed E-state index contributed by atoms with van der Waals surface area (Å²) in [5.41, 5.74) is -1.34. The molecule has 0 aromatic heterocycles. The molecule has 0 amide bonds. The highest BCUT2D eigenvalue weighted by atomic mass is 19.1. The normalized spacial score (nSPS) is 19.8. The Hall–Kier alpha value is -1.73. The Bertz CT molecular complexity index is 586. The first-order valence-electron chi connectivity index (χ1n) is 7.29. The van der Waals surface area contributed by atoms with Crippen LogP contribution in [0.2, 0.25) is 0 Å². The molecule has 0 spiro atoms. The van der Waals surface area contributed by atoms with Crippen molar-refractivity contribution in [2.45, 2.75) is 38.9 Å². The first-order valence-corrected chi connectivity index (χ1v) is 7.29. The van der Waals surface area contributed by atoms with E-state index in [1.165, 1.54) is 32.4 Å². The highest BCUT2D eigenvalue weighted by Gasteiger charge is 2.53. The van der Waals surface area contributed by atoms with Gasteiger partial charge in [0.15, 0.2) is 11.5 Å². The lowest BCUT2D eigenvalue weighted by molar-refractivity contribution is 0.00578.